The molecule has 2 atom stereocenters. The van der Waals surface area contributed by atoms with Crippen molar-refractivity contribution >= 4 is 16.8 Å². The molecule has 0 bridgehead atoms. The summed E-state index contributed by atoms with van der Waals surface area (Å²) in [5.74, 6) is -5.72. The first-order valence-electron chi connectivity index (χ1n) is 12.1. The molecule has 4 aromatic carbocycles. The molecule has 0 spiro atoms. The van der Waals surface area contributed by atoms with Gasteiger partial charge in [-0.15, -0.1) is 0 Å². The van der Waals surface area contributed by atoms with Gasteiger partial charge in [-0.25, -0.2) is 0 Å². The summed E-state index contributed by atoms with van der Waals surface area (Å²) in [6.45, 7) is 0. The van der Waals surface area contributed by atoms with Gasteiger partial charge in [-0.05, 0) is 35.9 Å². The van der Waals surface area contributed by atoms with Gasteiger partial charge in [0.2, 0.25) is 0 Å². The monoisotopic (exact) mass is 556 g/mol. The summed E-state index contributed by atoms with van der Waals surface area (Å²) < 4.78 is 12.1. The third-order valence-electron chi connectivity index (χ3n) is 6.94. The van der Waals surface area contributed by atoms with Crippen LogP contribution in [0.5, 0.6) is 46.0 Å². The van der Waals surface area contributed by atoms with Crippen LogP contribution in [-0.4, -0.2) is 41.5 Å². The van der Waals surface area contributed by atoms with Crippen LogP contribution >= 0.6 is 0 Å². The van der Waals surface area contributed by atoms with Crippen molar-refractivity contribution in [1.29, 1.82) is 0 Å². The van der Waals surface area contributed by atoms with Crippen LogP contribution in [0.25, 0.3) is 22.3 Å². The van der Waals surface area contributed by atoms with E-state index < -0.39 is 52.0 Å². The van der Waals surface area contributed by atoms with Crippen molar-refractivity contribution in [2.75, 3.05) is 0 Å². The number of hydrogen-bond acceptors (Lipinski definition) is 11. The molecule has 0 aliphatic carbocycles. The van der Waals surface area contributed by atoms with Crippen molar-refractivity contribution in [1.82, 2.24) is 0 Å². The van der Waals surface area contributed by atoms with Crippen LogP contribution in [0.2, 0.25) is 0 Å². The number of hydrogen-bond donors (Lipinski definition) is 7. The fourth-order valence-corrected chi connectivity index (χ4v) is 5.07. The highest BCUT2D eigenvalue weighted by Gasteiger charge is 2.44. The number of carbonyl (C=O) groups excluding carboxylic acids is 1. The van der Waals surface area contributed by atoms with Crippen LogP contribution in [0.1, 0.15) is 33.5 Å². The molecule has 11 nitrogen and oxygen atoms in total. The third kappa shape index (κ3) is 4.07. The standard InChI is InChI=1S/C30H20O11/c31-14-4-1-12(2-5-14)29-27(28(39)25-18(35)8-15(32)9-23(25)41-29)26-20(37)10-19(36)24-21(38)11-22(40-30(24)26)13-3-6-16(33)17(34)7-13/h1-11,27,29,31-37H/t27-,29+/m1/s1. The van der Waals surface area contributed by atoms with Crippen molar-refractivity contribution in [3.05, 3.63) is 93.6 Å². The quantitative estimate of drug-likeness (QED) is 0.154. The van der Waals surface area contributed by atoms with Gasteiger partial charge in [0.05, 0.1) is 11.5 Å². The zero-order chi connectivity index (χ0) is 29.2. The molecule has 0 radical (unpaired) electrons. The number of Topliss-reactive ketones (excluding diaryl/α,β-unsaturated/α-hetero) is 1. The number of aromatic hydroxyl groups is 7. The molecule has 11 heteroatoms. The second-order valence-corrected chi connectivity index (χ2v) is 9.52. The van der Waals surface area contributed by atoms with E-state index in [1.165, 1.54) is 36.4 Å². The molecular formula is C30H20O11. The summed E-state index contributed by atoms with van der Waals surface area (Å²) in [5.41, 5.74) is -1.16. The minimum Gasteiger partial charge on any atom is -0.508 e. The van der Waals surface area contributed by atoms with Gasteiger partial charge >= 0.3 is 0 Å². The van der Waals surface area contributed by atoms with E-state index in [9.17, 15) is 45.3 Å². The Labute approximate surface area is 229 Å². The van der Waals surface area contributed by atoms with Crippen molar-refractivity contribution in [2.45, 2.75) is 12.0 Å². The summed E-state index contributed by atoms with van der Waals surface area (Å²) in [6, 6.07) is 13.3. The molecular weight excluding hydrogens is 536 g/mol. The first-order chi connectivity index (χ1) is 19.5. The topological polar surface area (TPSA) is 198 Å². The summed E-state index contributed by atoms with van der Waals surface area (Å²) in [7, 11) is 0. The lowest BCUT2D eigenvalue weighted by atomic mass is 9.79. The molecule has 7 N–H and O–H groups in total. The van der Waals surface area contributed by atoms with E-state index in [1.807, 2.05) is 0 Å². The van der Waals surface area contributed by atoms with Crippen molar-refractivity contribution in [3.8, 4) is 57.3 Å². The zero-order valence-electron chi connectivity index (χ0n) is 20.8. The number of rotatable bonds is 3. The van der Waals surface area contributed by atoms with Crippen LogP contribution in [0.3, 0.4) is 0 Å². The number of carbonyl (C=O) groups is 1. The van der Waals surface area contributed by atoms with Crippen LogP contribution in [0, 0.1) is 0 Å². The zero-order valence-corrected chi connectivity index (χ0v) is 20.8. The van der Waals surface area contributed by atoms with Crippen LogP contribution in [0.15, 0.2) is 75.9 Å². The van der Waals surface area contributed by atoms with Gasteiger partial charge in [0, 0.05) is 29.8 Å². The highest BCUT2D eigenvalue weighted by Crippen LogP contribution is 2.52. The van der Waals surface area contributed by atoms with E-state index in [4.69, 9.17) is 9.15 Å². The van der Waals surface area contributed by atoms with Crippen molar-refractivity contribution < 1.29 is 49.7 Å². The summed E-state index contributed by atoms with van der Waals surface area (Å²) in [4.78, 5) is 27.3. The Morgan fingerprint density at radius 3 is 2.07 bits per heavy atom. The Balaban J connectivity index is 1.67. The number of phenolic OH excluding ortho intramolecular Hbond substituents is 7. The first kappa shape index (κ1) is 25.4. The Morgan fingerprint density at radius 2 is 1.37 bits per heavy atom. The van der Waals surface area contributed by atoms with E-state index in [1.54, 1.807) is 0 Å². The first-order valence-corrected chi connectivity index (χ1v) is 12.1. The highest BCUT2D eigenvalue weighted by molar-refractivity contribution is 6.09. The maximum absolute atomic E-state index is 14.1. The molecule has 0 saturated heterocycles. The summed E-state index contributed by atoms with van der Waals surface area (Å²) in [5, 5.41) is 71.4. The molecule has 6 rings (SSSR count). The molecule has 1 aromatic heterocycles. The van der Waals surface area contributed by atoms with Gasteiger partial charge < -0.3 is 44.9 Å². The van der Waals surface area contributed by atoms with E-state index in [0.29, 0.717) is 5.56 Å². The normalized spacial score (nSPS) is 16.3. The molecule has 1 aliphatic rings. The van der Waals surface area contributed by atoms with Gasteiger partial charge in [0.25, 0.3) is 0 Å². The maximum Gasteiger partial charge on any atom is 0.197 e. The molecule has 0 amide bonds. The van der Waals surface area contributed by atoms with Gasteiger partial charge in [-0.2, -0.15) is 0 Å². The lowest BCUT2D eigenvalue weighted by Gasteiger charge is -2.34. The molecule has 5 aromatic rings. The molecule has 0 unspecified atom stereocenters. The SMILES string of the molecule is O=C1c2c(O)cc(O)cc2O[C@@H](c2ccc(O)cc2)[C@@H]1c1c(O)cc(O)c2c(=O)cc(-c3ccc(O)c(O)c3)oc12. The molecule has 2 heterocycles. The average molecular weight is 556 g/mol. The van der Waals surface area contributed by atoms with Gasteiger partial charge in [-0.1, -0.05) is 12.1 Å². The lowest BCUT2D eigenvalue weighted by Crippen LogP contribution is -2.30. The number of benzene rings is 4. The van der Waals surface area contributed by atoms with E-state index >= 15 is 0 Å². The van der Waals surface area contributed by atoms with E-state index in [0.717, 1.165) is 30.3 Å². The van der Waals surface area contributed by atoms with Crippen LogP contribution in [0.4, 0.5) is 0 Å². The molecule has 41 heavy (non-hydrogen) atoms. The summed E-state index contributed by atoms with van der Waals surface area (Å²) >= 11 is 0. The predicted molar refractivity (Wildman–Crippen MR) is 143 cm³/mol. The molecule has 206 valence electrons. The molecule has 0 saturated carbocycles. The molecule has 1 aliphatic heterocycles. The number of ketones is 1. The number of fused-ring (bicyclic) bond motifs is 2. The number of ether oxygens (including phenoxy) is 1. The second-order valence-electron chi connectivity index (χ2n) is 9.52. The van der Waals surface area contributed by atoms with Gasteiger partial charge in [0.1, 0.15) is 62.9 Å². The largest absolute Gasteiger partial charge is 0.508 e. The fraction of sp³-hybridized carbons (Fsp3) is 0.0667. The van der Waals surface area contributed by atoms with Crippen LogP contribution < -0.4 is 10.2 Å². The minimum absolute atomic E-state index is 0.0751. The van der Waals surface area contributed by atoms with Gasteiger partial charge in [0.15, 0.2) is 22.7 Å². The lowest BCUT2D eigenvalue weighted by molar-refractivity contribution is 0.0772. The predicted octanol–water partition coefficient (Wildman–Crippen LogP) is 4.50. The van der Waals surface area contributed by atoms with Crippen LogP contribution in [-0.2, 0) is 0 Å². The number of phenols is 7. The van der Waals surface area contributed by atoms with E-state index in [-0.39, 0.29) is 50.7 Å². The molecule has 0 fully saturated rings. The fourth-order valence-electron chi connectivity index (χ4n) is 5.07. The van der Waals surface area contributed by atoms with Crippen molar-refractivity contribution in [3.63, 3.8) is 0 Å². The smallest absolute Gasteiger partial charge is 0.197 e. The van der Waals surface area contributed by atoms with E-state index in [2.05, 4.69) is 0 Å². The summed E-state index contributed by atoms with van der Waals surface area (Å²) in [6.07, 6.45) is -1.23. The third-order valence-corrected chi connectivity index (χ3v) is 6.94. The average Bonchev–Trinajstić information content (AvgIpc) is 2.90. The Morgan fingerprint density at radius 1 is 0.634 bits per heavy atom. The second kappa shape index (κ2) is 9.12. The minimum atomic E-state index is -1.47. The highest BCUT2D eigenvalue weighted by atomic mass is 16.5. The Bertz CT molecular complexity index is 1940. The van der Waals surface area contributed by atoms with Gasteiger partial charge in [-0.3, -0.25) is 9.59 Å². The Hall–Kier alpha value is -5.84. The van der Waals surface area contributed by atoms with Crippen molar-refractivity contribution in [2.24, 2.45) is 0 Å². The Kier molecular flexibility index (Phi) is 5.66. The maximum atomic E-state index is 14.1.